The monoisotopic (exact) mass is 302 g/mol. The van der Waals surface area contributed by atoms with Crippen molar-refractivity contribution in [1.82, 2.24) is 0 Å². The Balaban J connectivity index is 2.31. The van der Waals surface area contributed by atoms with Crippen molar-refractivity contribution >= 4 is 11.6 Å². The summed E-state index contributed by atoms with van der Waals surface area (Å²) in [4.78, 5) is 0. The summed E-state index contributed by atoms with van der Waals surface area (Å²) in [6, 6.07) is 2.94. The molecule has 3 nitrogen and oxygen atoms in total. The minimum Gasteiger partial charge on any atom is -0.493 e. The zero-order valence-corrected chi connectivity index (χ0v) is 12.7. The Kier molecular flexibility index (Phi) is 5.11. The molecular formula is C15H20ClFO3. The van der Waals surface area contributed by atoms with Crippen molar-refractivity contribution in [3.05, 3.63) is 23.5 Å². The van der Waals surface area contributed by atoms with Gasteiger partial charge in [-0.3, -0.25) is 0 Å². The van der Waals surface area contributed by atoms with Gasteiger partial charge in [-0.2, -0.15) is 0 Å². The minimum absolute atomic E-state index is 0.0880. The average molecular weight is 303 g/mol. The normalized spacial score (nSPS) is 23.6. The van der Waals surface area contributed by atoms with E-state index in [2.05, 4.69) is 6.92 Å². The lowest BCUT2D eigenvalue weighted by molar-refractivity contribution is 0.0862. The minimum atomic E-state index is -0.428. The van der Waals surface area contributed by atoms with Gasteiger partial charge in [0.1, 0.15) is 5.82 Å². The molecule has 20 heavy (non-hydrogen) atoms. The molecule has 1 saturated heterocycles. The summed E-state index contributed by atoms with van der Waals surface area (Å²) in [5.74, 6) is 0.604. The van der Waals surface area contributed by atoms with E-state index in [1.807, 2.05) is 0 Å². The van der Waals surface area contributed by atoms with E-state index in [9.17, 15) is 4.39 Å². The van der Waals surface area contributed by atoms with Gasteiger partial charge >= 0.3 is 0 Å². The fourth-order valence-electron chi connectivity index (χ4n) is 2.73. The molecule has 0 saturated carbocycles. The van der Waals surface area contributed by atoms with Gasteiger partial charge in [0.15, 0.2) is 11.5 Å². The number of rotatable bonds is 5. The molecule has 1 aromatic carbocycles. The summed E-state index contributed by atoms with van der Waals surface area (Å²) in [5, 5.41) is -0.428. The predicted octanol–water partition coefficient (Wildman–Crippen LogP) is 3.94. The topological polar surface area (TPSA) is 27.7 Å². The highest BCUT2D eigenvalue weighted by Gasteiger charge is 2.35. The maximum Gasteiger partial charge on any atom is 0.163 e. The summed E-state index contributed by atoms with van der Waals surface area (Å²) in [5.41, 5.74) is 0.443. The van der Waals surface area contributed by atoms with E-state index in [4.69, 9.17) is 25.8 Å². The van der Waals surface area contributed by atoms with E-state index in [1.165, 1.54) is 20.3 Å². The van der Waals surface area contributed by atoms with E-state index >= 15 is 0 Å². The van der Waals surface area contributed by atoms with Gasteiger partial charge in [-0.1, -0.05) is 6.92 Å². The van der Waals surface area contributed by atoms with Crippen LogP contribution in [0.5, 0.6) is 11.5 Å². The van der Waals surface area contributed by atoms with Crippen molar-refractivity contribution in [3.8, 4) is 11.5 Å². The molecule has 2 rings (SSSR count). The van der Waals surface area contributed by atoms with Gasteiger partial charge in [-0.15, -0.1) is 11.6 Å². The van der Waals surface area contributed by atoms with Crippen molar-refractivity contribution < 1.29 is 18.6 Å². The number of benzene rings is 1. The highest BCUT2D eigenvalue weighted by Crippen LogP contribution is 2.42. The van der Waals surface area contributed by atoms with Gasteiger partial charge in [0.05, 0.1) is 25.7 Å². The molecule has 5 heteroatoms. The third kappa shape index (κ3) is 2.86. The molecule has 1 aliphatic heterocycles. The Morgan fingerprint density at radius 2 is 2.00 bits per heavy atom. The van der Waals surface area contributed by atoms with Gasteiger partial charge < -0.3 is 14.2 Å². The molecule has 0 aromatic heterocycles. The molecule has 1 aliphatic rings. The van der Waals surface area contributed by atoms with Crippen LogP contribution in [0.15, 0.2) is 12.1 Å². The van der Waals surface area contributed by atoms with Crippen molar-refractivity contribution in [2.45, 2.75) is 31.2 Å². The second-order valence-electron chi connectivity index (χ2n) is 4.90. The Hall–Kier alpha value is -1.00. The van der Waals surface area contributed by atoms with E-state index in [-0.39, 0.29) is 17.8 Å². The van der Waals surface area contributed by atoms with Crippen LogP contribution in [0.2, 0.25) is 0 Å². The summed E-state index contributed by atoms with van der Waals surface area (Å²) in [6.45, 7) is 2.73. The summed E-state index contributed by atoms with van der Waals surface area (Å²) >= 11 is 6.50. The number of halogens is 2. The average Bonchev–Trinajstić information content (AvgIpc) is 2.94. The van der Waals surface area contributed by atoms with Crippen LogP contribution < -0.4 is 9.47 Å². The fourth-order valence-corrected chi connectivity index (χ4v) is 3.19. The van der Waals surface area contributed by atoms with E-state index < -0.39 is 5.38 Å². The smallest absolute Gasteiger partial charge is 0.163 e. The molecule has 1 heterocycles. The van der Waals surface area contributed by atoms with E-state index in [0.717, 1.165) is 12.8 Å². The van der Waals surface area contributed by atoms with E-state index in [1.54, 1.807) is 6.07 Å². The lowest BCUT2D eigenvalue weighted by atomic mass is 9.91. The van der Waals surface area contributed by atoms with E-state index in [0.29, 0.717) is 23.7 Å². The van der Waals surface area contributed by atoms with Crippen LogP contribution in [-0.2, 0) is 4.74 Å². The predicted molar refractivity (Wildman–Crippen MR) is 76.2 cm³/mol. The van der Waals surface area contributed by atoms with Crippen LogP contribution in [0.1, 0.15) is 30.7 Å². The highest BCUT2D eigenvalue weighted by atomic mass is 35.5. The van der Waals surface area contributed by atoms with Crippen molar-refractivity contribution in [3.63, 3.8) is 0 Å². The van der Waals surface area contributed by atoms with Crippen molar-refractivity contribution in [2.75, 3.05) is 20.8 Å². The quantitative estimate of drug-likeness (QED) is 0.771. The molecule has 0 N–H and O–H groups in total. The maximum atomic E-state index is 14.2. The summed E-state index contributed by atoms with van der Waals surface area (Å²) in [7, 11) is 3.00. The number of hydrogen-bond acceptors (Lipinski definition) is 3. The molecular weight excluding hydrogens is 283 g/mol. The molecule has 0 amide bonds. The highest BCUT2D eigenvalue weighted by molar-refractivity contribution is 6.21. The number of hydrogen-bond donors (Lipinski definition) is 0. The van der Waals surface area contributed by atoms with Crippen molar-refractivity contribution in [1.29, 1.82) is 0 Å². The molecule has 0 radical (unpaired) electrons. The Bertz CT molecular complexity index is 467. The Morgan fingerprint density at radius 3 is 2.60 bits per heavy atom. The van der Waals surface area contributed by atoms with Crippen LogP contribution in [0.3, 0.4) is 0 Å². The van der Waals surface area contributed by atoms with Crippen LogP contribution in [0, 0.1) is 11.7 Å². The maximum absolute atomic E-state index is 14.2. The van der Waals surface area contributed by atoms with Crippen LogP contribution in [0.4, 0.5) is 4.39 Å². The first-order chi connectivity index (χ1) is 9.62. The molecule has 3 atom stereocenters. The summed E-state index contributed by atoms with van der Waals surface area (Å²) < 4.78 is 30.2. The number of alkyl halides is 1. The molecule has 112 valence electrons. The zero-order valence-electron chi connectivity index (χ0n) is 12.0. The number of ether oxygens (including phenoxy) is 3. The first kappa shape index (κ1) is 15.4. The van der Waals surface area contributed by atoms with Gasteiger partial charge in [0.2, 0.25) is 0 Å². The van der Waals surface area contributed by atoms with Gasteiger partial charge in [0, 0.05) is 24.2 Å². The molecule has 1 aromatic rings. The third-order valence-electron chi connectivity index (χ3n) is 3.84. The molecule has 1 fully saturated rings. The van der Waals surface area contributed by atoms with Crippen LogP contribution in [0.25, 0.3) is 0 Å². The van der Waals surface area contributed by atoms with Crippen LogP contribution in [-0.4, -0.2) is 26.9 Å². The second-order valence-corrected chi connectivity index (χ2v) is 5.37. The third-order valence-corrected chi connectivity index (χ3v) is 4.40. The molecule has 0 aliphatic carbocycles. The largest absolute Gasteiger partial charge is 0.493 e. The Morgan fingerprint density at radius 1 is 1.35 bits per heavy atom. The molecule has 3 unspecified atom stereocenters. The first-order valence-electron chi connectivity index (χ1n) is 6.79. The summed E-state index contributed by atoms with van der Waals surface area (Å²) in [6.07, 6.45) is 1.81. The van der Waals surface area contributed by atoms with Gasteiger partial charge in [0.25, 0.3) is 0 Å². The molecule has 0 spiro atoms. The zero-order chi connectivity index (χ0) is 14.7. The van der Waals surface area contributed by atoms with Gasteiger partial charge in [-0.25, -0.2) is 4.39 Å². The standard InChI is InChI=1S/C15H20ClFO3/c1-4-12-9(5-6-20-12)15(16)10-7-13(18-2)14(19-3)8-11(10)17/h7-9,12,15H,4-6H2,1-3H3. The first-order valence-corrected chi connectivity index (χ1v) is 7.23. The SMILES string of the molecule is CCC1OCCC1C(Cl)c1cc(OC)c(OC)cc1F. The lowest BCUT2D eigenvalue weighted by Crippen LogP contribution is -2.20. The number of methoxy groups -OCH3 is 2. The van der Waals surface area contributed by atoms with Crippen molar-refractivity contribution in [2.24, 2.45) is 5.92 Å². The van der Waals surface area contributed by atoms with Gasteiger partial charge in [-0.05, 0) is 18.9 Å². The lowest BCUT2D eigenvalue weighted by Gasteiger charge is -2.23. The Labute approximate surface area is 124 Å². The molecule has 0 bridgehead atoms. The second kappa shape index (κ2) is 6.64. The fraction of sp³-hybridized carbons (Fsp3) is 0.600. The van der Waals surface area contributed by atoms with Crippen LogP contribution >= 0.6 is 11.6 Å².